The molecule has 0 aliphatic carbocycles. The number of hydrogen-bond donors (Lipinski definition) is 1. The summed E-state index contributed by atoms with van der Waals surface area (Å²) >= 11 is 0. The smallest absolute Gasteiger partial charge is 0.100 e. The average molecular weight is 265 g/mol. The van der Waals surface area contributed by atoms with E-state index in [1.807, 2.05) is 42.5 Å². The van der Waals surface area contributed by atoms with Crippen LogP contribution in [0, 0.1) is 0 Å². The van der Waals surface area contributed by atoms with E-state index in [1.165, 1.54) is 0 Å². The average Bonchev–Trinajstić information content (AvgIpc) is 2.99. The molecule has 0 saturated carbocycles. The van der Waals surface area contributed by atoms with Gasteiger partial charge in [-0.2, -0.15) is 15.0 Å². The van der Waals surface area contributed by atoms with Gasteiger partial charge in [0.2, 0.25) is 0 Å². The third kappa shape index (κ3) is 2.73. The Morgan fingerprint density at radius 2 is 1.80 bits per heavy atom. The monoisotopic (exact) mass is 265 g/mol. The van der Waals surface area contributed by atoms with Crippen LogP contribution < -0.4 is 5.73 Å². The summed E-state index contributed by atoms with van der Waals surface area (Å²) in [5.74, 6) is 0. The van der Waals surface area contributed by atoms with E-state index in [0.717, 1.165) is 23.4 Å². The lowest BCUT2D eigenvalue weighted by atomic mass is 10.1. The fourth-order valence-electron chi connectivity index (χ4n) is 2.01. The number of para-hydroxylation sites is 1. The zero-order valence-electron chi connectivity index (χ0n) is 10.9. The molecular weight excluding hydrogens is 250 g/mol. The number of nitrogens with zero attached hydrogens (tertiary/aromatic N) is 4. The fourth-order valence-corrected chi connectivity index (χ4v) is 2.01. The van der Waals surface area contributed by atoms with Crippen LogP contribution in [0.25, 0.3) is 5.69 Å². The molecule has 5 nitrogen and oxygen atoms in total. The van der Waals surface area contributed by atoms with E-state index in [0.29, 0.717) is 0 Å². The Morgan fingerprint density at radius 3 is 2.55 bits per heavy atom. The molecular formula is C15H15N5. The van der Waals surface area contributed by atoms with Crippen LogP contribution in [-0.4, -0.2) is 20.0 Å². The zero-order valence-corrected chi connectivity index (χ0v) is 10.9. The van der Waals surface area contributed by atoms with Gasteiger partial charge in [-0.15, -0.1) is 0 Å². The number of aromatic nitrogens is 4. The Morgan fingerprint density at radius 1 is 1.05 bits per heavy atom. The number of pyridine rings is 1. The van der Waals surface area contributed by atoms with E-state index in [4.69, 9.17) is 5.73 Å². The van der Waals surface area contributed by atoms with Gasteiger partial charge in [-0.05, 0) is 36.2 Å². The maximum atomic E-state index is 6.18. The van der Waals surface area contributed by atoms with Gasteiger partial charge in [0.1, 0.15) is 5.69 Å². The molecule has 1 unspecified atom stereocenters. The summed E-state index contributed by atoms with van der Waals surface area (Å²) in [4.78, 5) is 5.60. The van der Waals surface area contributed by atoms with Crippen molar-refractivity contribution >= 4 is 0 Å². The van der Waals surface area contributed by atoms with Gasteiger partial charge in [0.05, 0.1) is 17.9 Å². The maximum Gasteiger partial charge on any atom is 0.100 e. The standard InChI is InChI=1S/C15H15N5/c16-14(10-12-6-8-17-9-7-12)15-11-18-20(19-15)13-4-2-1-3-5-13/h1-9,11,14H,10,16H2. The number of hydrogen-bond acceptors (Lipinski definition) is 4. The first kappa shape index (κ1) is 12.5. The van der Waals surface area contributed by atoms with Crippen LogP contribution in [0.3, 0.4) is 0 Å². The van der Waals surface area contributed by atoms with E-state index in [2.05, 4.69) is 15.2 Å². The van der Waals surface area contributed by atoms with Crippen molar-refractivity contribution in [3.63, 3.8) is 0 Å². The summed E-state index contributed by atoms with van der Waals surface area (Å²) in [6, 6.07) is 13.5. The van der Waals surface area contributed by atoms with E-state index in [1.54, 1.807) is 23.4 Å². The van der Waals surface area contributed by atoms with Crippen molar-refractivity contribution in [2.24, 2.45) is 5.73 Å². The highest BCUT2D eigenvalue weighted by Gasteiger charge is 2.12. The quantitative estimate of drug-likeness (QED) is 0.782. The van der Waals surface area contributed by atoms with E-state index in [-0.39, 0.29) is 6.04 Å². The summed E-state index contributed by atoms with van der Waals surface area (Å²) in [6.45, 7) is 0. The maximum absolute atomic E-state index is 6.18. The molecule has 0 radical (unpaired) electrons. The number of nitrogens with two attached hydrogens (primary N) is 1. The van der Waals surface area contributed by atoms with Gasteiger partial charge in [0.15, 0.2) is 0 Å². The van der Waals surface area contributed by atoms with E-state index < -0.39 is 0 Å². The second-order valence-corrected chi connectivity index (χ2v) is 4.56. The molecule has 1 atom stereocenters. The summed E-state index contributed by atoms with van der Waals surface area (Å²) in [6.07, 6.45) is 5.97. The highest BCUT2D eigenvalue weighted by atomic mass is 15.5. The minimum absolute atomic E-state index is 0.171. The molecule has 1 aromatic carbocycles. The molecule has 3 aromatic rings. The van der Waals surface area contributed by atoms with Crippen molar-refractivity contribution in [1.82, 2.24) is 20.0 Å². The largest absolute Gasteiger partial charge is 0.322 e. The Bertz CT molecular complexity index is 663. The third-order valence-electron chi connectivity index (χ3n) is 3.08. The first-order valence-electron chi connectivity index (χ1n) is 6.45. The number of rotatable bonds is 4. The van der Waals surface area contributed by atoms with Crippen molar-refractivity contribution in [1.29, 1.82) is 0 Å². The molecule has 2 aromatic heterocycles. The van der Waals surface area contributed by atoms with E-state index >= 15 is 0 Å². The van der Waals surface area contributed by atoms with Gasteiger partial charge in [-0.1, -0.05) is 18.2 Å². The molecule has 0 aliphatic rings. The van der Waals surface area contributed by atoms with Gasteiger partial charge < -0.3 is 5.73 Å². The Kier molecular flexibility index (Phi) is 3.52. The topological polar surface area (TPSA) is 69.6 Å². The van der Waals surface area contributed by atoms with Crippen LogP contribution >= 0.6 is 0 Å². The molecule has 100 valence electrons. The fraction of sp³-hybridized carbons (Fsp3) is 0.133. The summed E-state index contributed by atoms with van der Waals surface area (Å²) in [7, 11) is 0. The van der Waals surface area contributed by atoms with Crippen molar-refractivity contribution in [3.8, 4) is 5.69 Å². The Labute approximate surface area is 117 Å². The predicted molar refractivity (Wildman–Crippen MR) is 76.2 cm³/mol. The summed E-state index contributed by atoms with van der Waals surface area (Å²) in [5.41, 5.74) is 9.03. The van der Waals surface area contributed by atoms with Crippen LogP contribution in [0.4, 0.5) is 0 Å². The molecule has 2 heterocycles. The summed E-state index contributed by atoms with van der Waals surface area (Å²) in [5, 5.41) is 8.70. The van der Waals surface area contributed by atoms with Gasteiger partial charge in [-0.3, -0.25) is 4.98 Å². The molecule has 0 spiro atoms. The highest BCUT2D eigenvalue weighted by molar-refractivity contribution is 5.28. The van der Waals surface area contributed by atoms with Crippen molar-refractivity contribution in [3.05, 3.63) is 72.3 Å². The lowest BCUT2D eigenvalue weighted by Gasteiger charge is -2.07. The molecule has 0 aliphatic heterocycles. The molecule has 0 amide bonds. The van der Waals surface area contributed by atoms with Gasteiger partial charge in [0, 0.05) is 12.4 Å². The second-order valence-electron chi connectivity index (χ2n) is 4.56. The molecule has 5 heteroatoms. The minimum atomic E-state index is -0.171. The van der Waals surface area contributed by atoms with Crippen LogP contribution in [0.1, 0.15) is 17.3 Å². The highest BCUT2D eigenvalue weighted by Crippen LogP contribution is 2.14. The van der Waals surface area contributed by atoms with Crippen molar-refractivity contribution in [2.45, 2.75) is 12.5 Å². The van der Waals surface area contributed by atoms with Crippen LogP contribution in [-0.2, 0) is 6.42 Å². The van der Waals surface area contributed by atoms with Crippen molar-refractivity contribution in [2.75, 3.05) is 0 Å². The zero-order chi connectivity index (χ0) is 13.8. The van der Waals surface area contributed by atoms with Crippen molar-refractivity contribution < 1.29 is 0 Å². The molecule has 2 N–H and O–H groups in total. The third-order valence-corrected chi connectivity index (χ3v) is 3.08. The first-order chi connectivity index (χ1) is 9.83. The molecule has 0 bridgehead atoms. The minimum Gasteiger partial charge on any atom is -0.322 e. The lowest BCUT2D eigenvalue weighted by Crippen LogP contribution is -2.14. The molecule has 20 heavy (non-hydrogen) atoms. The Balaban J connectivity index is 1.77. The first-order valence-corrected chi connectivity index (χ1v) is 6.45. The molecule has 0 saturated heterocycles. The van der Waals surface area contributed by atoms with Crippen LogP contribution in [0.5, 0.6) is 0 Å². The molecule has 3 rings (SSSR count). The molecule has 0 fully saturated rings. The van der Waals surface area contributed by atoms with Gasteiger partial charge in [0.25, 0.3) is 0 Å². The van der Waals surface area contributed by atoms with Gasteiger partial charge >= 0.3 is 0 Å². The Hall–Kier alpha value is -2.53. The number of benzene rings is 1. The lowest BCUT2D eigenvalue weighted by molar-refractivity contribution is 0.665. The van der Waals surface area contributed by atoms with E-state index in [9.17, 15) is 0 Å². The van der Waals surface area contributed by atoms with Crippen LogP contribution in [0.2, 0.25) is 0 Å². The predicted octanol–water partition coefficient (Wildman–Crippen LogP) is 1.90. The second kappa shape index (κ2) is 5.63. The van der Waals surface area contributed by atoms with Crippen LogP contribution in [0.15, 0.2) is 61.1 Å². The SMILES string of the molecule is NC(Cc1ccncc1)c1cnn(-c2ccccc2)n1. The normalized spacial score (nSPS) is 12.2. The van der Waals surface area contributed by atoms with Gasteiger partial charge in [-0.25, -0.2) is 0 Å². The summed E-state index contributed by atoms with van der Waals surface area (Å²) < 4.78 is 0.